The number of nitrogens with one attached hydrogen (secondary N) is 1. The second-order valence-corrected chi connectivity index (χ2v) is 6.14. The number of benzene rings is 1. The molecule has 27 heavy (non-hydrogen) atoms. The van der Waals surface area contributed by atoms with E-state index < -0.39 is 5.63 Å². The number of nitrogens with zero attached hydrogens (tertiary/aromatic N) is 3. The van der Waals surface area contributed by atoms with E-state index in [-0.39, 0.29) is 18.5 Å². The average molecular weight is 370 g/mol. The maximum Gasteiger partial charge on any atom is 0.336 e. The molecule has 0 radical (unpaired) electrons. The van der Waals surface area contributed by atoms with Crippen LogP contribution in [0, 0.1) is 6.92 Å². The Morgan fingerprint density at radius 1 is 1.30 bits per heavy atom. The molecule has 0 aliphatic heterocycles. The summed E-state index contributed by atoms with van der Waals surface area (Å²) in [6, 6.07) is 6.67. The number of amides is 1. The molecule has 0 aliphatic carbocycles. The normalized spacial score (nSPS) is 10.9. The van der Waals surface area contributed by atoms with Gasteiger partial charge in [0.1, 0.15) is 17.2 Å². The molecule has 1 N–H and O–H groups in total. The molecule has 3 rings (SSSR count). The van der Waals surface area contributed by atoms with Crippen LogP contribution in [-0.2, 0) is 17.8 Å². The van der Waals surface area contributed by atoms with Gasteiger partial charge in [-0.1, -0.05) is 13.8 Å². The molecule has 1 aromatic carbocycles. The second-order valence-electron chi connectivity index (χ2n) is 6.14. The van der Waals surface area contributed by atoms with Gasteiger partial charge >= 0.3 is 5.63 Å². The maximum absolute atomic E-state index is 12.1. The predicted octanol–water partition coefficient (Wildman–Crippen LogP) is 2.68. The number of rotatable bonds is 7. The molecule has 0 saturated heterocycles. The second kappa shape index (κ2) is 8.03. The van der Waals surface area contributed by atoms with Gasteiger partial charge in [0.2, 0.25) is 5.95 Å². The summed E-state index contributed by atoms with van der Waals surface area (Å²) in [4.78, 5) is 27.9. The van der Waals surface area contributed by atoms with Crippen molar-refractivity contribution in [1.29, 1.82) is 0 Å². The minimum absolute atomic E-state index is 0.204. The summed E-state index contributed by atoms with van der Waals surface area (Å²) in [6.45, 7) is 6.39. The third-order valence-electron chi connectivity index (χ3n) is 4.10. The summed E-state index contributed by atoms with van der Waals surface area (Å²) in [5, 5.41) is 7.70. The number of aromatic nitrogens is 3. The van der Waals surface area contributed by atoms with E-state index in [0.717, 1.165) is 36.2 Å². The minimum Gasteiger partial charge on any atom is -0.484 e. The lowest BCUT2D eigenvalue weighted by atomic mass is 10.1. The molecule has 0 bridgehead atoms. The summed E-state index contributed by atoms with van der Waals surface area (Å²) >= 11 is 0. The Labute approximate surface area is 156 Å². The molecule has 0 unspecified atom stereocenters. The maximum atomic E-state index is 12.1. The number of carbonyl (C=O) groups excluding carboxylic acids is 1. The SMILES string of the molecule is CCCn1nc(NC(=O)COc2ccc3c(CC)cc(=O)oc3c2)nc1C. The topological polar surface area (TPSA) is 99.2 Å². The Balaban J connectivity index is 1.66. The Morgan fingerprint density at radius 2 is 2.11 bits per heavy atom. The molecule has 0 spiro atoms. The molecule has 2 aromatic heterocycles. The molecule has 0 atom stereocenters. The number of fused-ring (bicyclic) bond motifs is 1. The monoisotopic (exact) mass is 370 g/mol. The van der Waals surface area contributed by atoms with Gasteiger partial charge in [0.25, 0.3) is 5.91 Å². The van der Waals surface area contributed by atoms with E-state index in [9.17, 15) is 9.59 Å². The van der Waals surface area contributed by atoms with E-state index in [1.807, 2.05) is 26.8 Å². The van der Waals surface area contributed by atoms with Crippen LogP contribution in [0.4, 0.5) is 5.95 Å². The van der Waals surface area contributed by atoms with Crippen LogP contribution in [0.25, 0.3) is 11.0 Å². The highest BCUT2D eigenvalue weighted by atomic mass is 16.5. The highest BCUT2D eigenvalue weighted by Crippen LogP contribution is 2.23. The first-order valence-corrected chi connectivity index (χ1v) is 8.91. The zero-order chi connectivity index (χ0) is 19.4. The van der Waals surface area contributed by atoms with Crippen molar-refractivity contribution in [3.05, 3.63) is 46.1 Å². The van der Waals surface area contributed by atoms with E-state index >= 15 is 0 Å². The zero-order valence-electron chi connectivity index (χ0n) is 15.6. The van der Waals surface area contributed by atoms with Crippen LogP contribution in [-0.4, -0.2) is 27.3 Å². The number of hydrogen-bond acceptors (Lipinski definition) is 6. The summed E-state index contributed by atoms with van der Waals surface area (Å²) in [5.41, 5.74) is 0.945. The van der Waals surface area contributed by atoms with Crippen molar-refractivity contribution in [3.8, 4) is 5.75 Å². The van der Waals surface area contributed by atoms with Gasteiger partial charge in [0, 0.05) is 24.1 Å². The van der Waals surface area contributed by atoms with E-state index in [0.29, 0.717) is 11.3 Å². The zero-order valence-corrected chi connectivity index (χ0v) is 15.6. The van der Waals surface area contributed by atoms with Crippen molar-refractivity contribution in [2.24, 2.45) is 0 Å². The van der Waals surface area contributed by atoms with Crippen LogP contribution < -0.4 is 15.7 Å². The van der Waals surface area contributed by atoms with Gasteiger partial charge in [-0.2, -0.15) is 4.98 Å². The number of hydrogen-bond donors (Lipinski definition) is 1. The lowest BCUT2D eigenvalue weighted by Gasteiger charge is -2.08. The van der Waals surface area contributed by atoms with Gasteiger partial charge in [-0.05, 0) is 37.5 Å². The predicted molar refractivity (Wildman–Crippen MR) is 101 cm³/mol. The fourth-order valence-electron chi connectivity index (χ4n) is 2.80. The van der Waals surface area contributed by atoms with Crippen LogP contribution in [0.15, 0.2) is 33.5 Å². The lowest BCUT2D eigenvalue weighted by Crippen LogP contribution is -2.21. The fourth-order valence-corrected chi connectivity index (χ4v) is 2.80. The van der Waals surface area contributed by atoms with Crippen LogP contribution in [0.3, 0.4) is 0 Å². The van der Waals surface area contributed by atoms with Gasteiger partial charge in [-0.3, -0.25) is 10.1 Å². The molecule has 142 valence electrons. The van der Waals surface area contributed by atoms with Crippen LogP contribution in [0.1, 0.15) is 31.7 Å². The first kappa shape index (κ1) is 18.6. The van der Waals surface area contributed by atoms with Crippen molar-refractivity contribution in [2.45, 2.75) is 40.2 Å². The number of carbonyl (C=O) groups is 1. The smallest absolute Gasteiger partial charge is 0.336 e. The minimum atomic E-state index is -0.404. The highest BCUT2D eigenvalue weighted by molar-refractivity contribution is 5.90. The highest BCUT2D eigenvalue weighted by Gasteiger charge is 2.11. The van der Waals surface area contributed by atoms with Crippen LogP contribution in [0.2, 0.25) is 0 Å². The number of anilines is 1. The molecule has 0 saturated carbocycles. The summed E-state index contributed by atoms with van der Waals surface area (Å²) in [6.07, 6.45) is 1.65. The third kappa shape index (κ3) is 4.33. The molecule has 2 heterocycles. The van der Waals surface area contributed by atoms with Gasteiger partial charge < -0.3 is 9.15 Å². The third-order valence-corrected chi connectivity index (χ3v) is 4.10. The Kier molecular flexibility index (Phi) is 5.54. The molecular formula is C19H22N4O4. The van der Waals surface area contributed by atoms with Crippen LogP contribution >= 0.6 is 0 Å². The molecule has 1 amide bonds. The fraction of sp³-hybridized carbons (Fsp3) is 0.368. The van der Waals surface area contributed by atoms with Gasteiger partial charge in [0.05, 0.1) is 0 Å². The first-order chi connectivity index (χ1) is 13.0. The lowest BCUT2D eigenvalue weighted by molar-refractivity contribution is -0.118. The standard InChI is InChI=1S/C19H22N4O4/c1-4-8-23-12(3)20-19(22-23)21-17(24)11-26-14-6-7-15-13(5-2)9-18(25)27-16(15)10-14/h6-7,9-10H,4-5,8,11H2,1-3H3,(H,21,22,24). The number of ether oxygens (including phenoxy) is 1. The Hall–Kier alpha value is -3.16. The summed E-state index contributed by atoms with van der Waals surface area (Å²) in [5.74, 6) is 1.07. The van der Waals surface area contributed by atoms with E-state index in [1.54, 1.807) is 16.8 Å². The van der Waals surface area contributed by atoms with Crippen molar-refractivity contribution >= 4 is 22.8 Å². The number of aryl methyl sites for hydroxylation is 3. The van der Waals surface area contributed by atoms with Crippen LogP contribution in [0.5, 0.6) is 5.75 Å². The van der Waals surface area contributed by atoms with Crippen molar-refractivity contribution in [3.63, 3.8) is 0 Å². The molecule has 8 heteroatoms. The molecular weight excluding hydrogens is 348 g/mol. The molecule has 8 nitrogen and oxygen atoms in total. The molecule has 0 fully saturated rings. The average Bonchev–Trinajstić information content (AvgIpc) is 2.98. The van der Waals surface area contributed by atoms with Crippen molar-refractivity contribution in [2.75, 3.05) is 11.9 Å². The van der Waals surface area contributed by atoms with Crippen molar-refractivity contribution in [1.82, 2.24) is 14.8 Å². The van der Waals surface area contributed by atoms with Gasteiger partial charge in [-0.25, -0.2) is 9.48 Å². The first-order valence-electron chi connectivity index (χ1n) is 8.91. The summed E-state index contributed by atoms with van der Waals surface area (Å²) < 4.78 is 12.5. The molecule has 3 aromatic rings. The summed E-state index contributed by atoms with van der Waals surface area (Å²) in [7, 11) is 0. The van der Waals surface area contributed by atoms with E-state index in [1.165, 1.54) is 6.07 Å². The Morgan fingerprint density at radius 3 is 2.85 bits per heavy atom. The van der Waals surface area contributed by atoms with Crippen molar-refractivity contribution < 1.29 is 13.9 Å². The molecule has 0 aliphatic rings. The van der Waals surface area contributed by atoms with E-state index in [4.69, 9.17) is 9.15 Å². The largest absolute Gasteiger partial charge is 0.484 e. The quantitative estimate of drug-likeness (QED) is 0.642. The van der Waals surface area contributed by atoms with Gasteiger partial charge in [0.15, 0.2) is 6.61 Å². The van der Waals surface area contributed by atoms with Gasteiger partial charge in [-0.15, -0.1) is 5.10 Å². The Bertz CT molecular complexity index is 1020. The van der Waals surface area contributed by atoms with E-state index in [2.05, 4.69) is 15.4 Å².